The van der Waals surface area contributed by atoms with Crippen LogP contribution in [-0.4, -0.2) is 0 Å². The van der Waals surface area contributed by atoms with Crippen molar-refractivity contribution in [1.82, 2.24) is 0 Å². The van der Waals surface area contributed by atoms with E-state index in [1.54, 1.807) is 17.6 Å². The Morgan fingerprint density at radius 2 is 1.52 bits per heavy atom. The molecule has 0 fully saturated rings. The van der Waals surface area contributed by atoms with E-state index in [0.717, 1.165) is 12.2 Å². The van der Waals surface area contributed by atoms with Gasteiger partial charge in [0.05, 0.1) is 11.1 Å². The molecule has 0 atom stereocenters. The fraction of sp³-hybridized carbons (Fsp3) is 0.0476. The van der Waals surface area contributed by atoms with Crippen molar-refractivity contribution in [3.05, 3.63) is 96.3 Å². The van der Waals surface area contributed by atoms with Crippen LogP contribution in [0.15, 0.2) is 89.5 Å². The maximum Gasteiger partial charge on any atom is 0.144 e. The largest absolute Gasteiger partial charge is 0.464 e. The van der Waals surface area contributed by atoms with Crippen LogP contribution in [-0.2, 0) is 6.42 Å². The molecule has 0 aliphatic heterocycles. The molecule has 0 aliphatic carbocycles. The quantitative estimate of drug-likeness (QED) is 0.433. The summed E-state index contributed by atoms with van der Waals surface area (Å²) in [5.41, 5.74) is 3.89. The highest BCUT2D eigenvalue weighted by Gasteiger charge is 2.14. The van der Waals surface area contributed by atoms with Gasteiger partial charge in [0.25, 0.3) is 0 Å². The molecule has 0 unspecified atom stereocenters. The van der Waals surface area contributed by atoms with Crippen molar-refractivity contribution >= 4 is 11.3 Å². The zero-order chi connectivity index (χ0) is 15.5. The van der Waals surface area contributed by atoms with E-state index in [1.807, 2.05) is 12.1 Å². The summed E-state index contributed by atoms with van der Waals surface area (Å²) in [7, 11) is 0. The van der Waals surface area contributed by atoms with Gasteiger partial charge >= 0.3 is 0 Å². The summed E-state index contributed by atoms with van der Waals surface area (Å²) >= 11 is 1.80. The first kappa shape index (κ1) is 14.0. The predicted molar refractivity (Wildman–Crippen MR) is 96.7 cm³/mol. The summed E-state index contributed by atoms with van der Waals surface area (Å²) in [6, 6.07) is 27.4. The van der Waals surface area contributed by atoms with Crippen LogP contribution in [0.1, 0.15) is 11.1 Å². The minimum absolute atomic E-state index is 0.917. The van der Waals surface area contributed by atoms with Crippen LogP contribution in [0.4, 0.5) is 0 Å². The van der Waals surface area contributed by atoms with Gasteiger partial charge in [0, 0.05) is 4.88 Å². The van der Waals surface area contributed by atoms with Gasteiger partial charge in [0.2, 0.25) is 0 Å². The highest BCUT2D eigenvalue weighted by atomic mass is 32.1. The average molecular weight is 316 g/mol. The summed E-state index contributed by atoms with van der Waals surface area (Å²) in [5.74, 6) is 0.947. The molecule has 23 heavy (non-hydrogen) atoms. The van der Waals surface area contributed by atoms with Gasteiger partial charge in [-0.3, -0.25) is 0 Å². The predicted octanol–water partition coefficient (Wildman–Crippen LogP) is 6.27. The summed E-state index contributed by atoms with van der Waals surface area (Å²) < 4.78 is 5.66. The Bertz CT molecular complexity index is 874. The third kappa shape index (κ3) is 2.99. The molecule has 0 N–H and O–H groups in total. The van der Waals surface area contributed by atoms with Gasteiger partial charge in [-0.1, -0.05) is 60.7 Å². The van der Waals surface area contributed by atoms with Crippen molar-refractivity contribution in [1.29, 1.82) is 0 Å². The number of benzene rings is 2. The highest BCUT2D eigenvalue weighted by Crippen LogP contribution is 2.39. The summed E-state index contributed by atoms with van der Waals surface area (Å²) in [4.78, 5) is 2.50. The monoisotopic (exact) mass is 316 g/mol. The van der Waals surface area contributed by atoms with Gasteiger partial charge < -0.3 is 4.42 Å². The van der Waals surface area contributed by atoms with Gasteiger partial charge in [-0.05, 0) is 41.3 Å². The van der Waals surface area contributed by atoms with Gasteiger partial charge in [-0.15, -0.1) is 11.3 Å². The molecule has 2 aromatic carbocycles. The molecule has 0 bridgehead atoms. The first-order valence-corrected chi connectivity index (χ1v) is 8.48. The summed E-state index contributed by atoms with van der Waals surface area (Å²) in [6.07, 6.45) is 2.66. The normalized spacial score (nSPS) is 10.8. The van der Waals surface area contributed by atoms with E-state index >= 15 is 0 Å². The summed E-state index contributed by atoms with van der Waals surface area (Å²) in [5, 5.41) is 0. The molecule has 0 amide bonds. The van der Waals surface area contributed by atoms with Crippen molar-refractivity contribution in [2.75, 3.05) is 0 Å². The van der Waals surface area contributed by atoms with E-state index in [2.05, 4.69) is 66.7 Å². The molecule has 4 rings (SSSR count). The Kier molecular flexibility index (Phi) is 3.83. The Balaban J connectivity index is 1.78. The van der Waals surface area contributed by atoms with Crippen LogP contribution in [0.25, 0.3) is 21.1 Å². The molecule has 0 saturated heterocycles. The van der Waals surface area contributed by atoms with Crippen molar-refractivity contribution in [3.8, 4) is 21.1 Å². The molecular weight excluding hydrogens is 300 g/mol. The number of hydrogen-bond acceptors (Lipinski definition) is 2. The SMILES string of the molecule is c1ccc(Cc2cc(-c3ccccc3)sc2-c2ccco2)cc1. The Morgan fingerprint density at radius 3 is 2.22 bits per heavy atom. The van der Waals surface area contributed by atoms with E-state index in [9.17, 15) is 0 Å². The Morgan fingerprint density at radius 1 is 0.783 bits per heavy atom. The molecule has 2 heteroatoms. The molecule has 0 aliphatic rings. The number of thiophene rings is 1. The van der Waals surface area contributed by atoms with Gasteiger partial charge in [0.15, 0.2) is 0 Å². The highest BCUT2D eigenvalue weighted by molar-refractivity contribution is 7.19. The molecule has 0 spiro atoms. The van der Waals surface area contributed by atoms with E-state index < -0.39 is 0 Å². The number of furan rings is 1. The summed E-state index contributed by atoms with van der Waals surface area (Å²) in [6.45, 7) is 0. The third-order valence-corrected chi connectivity index (χ3v) is 5.09. The van der Waals surface area contributed by atoms with Crippen molar-refractivity contribution in [2.24, 2.45) is 0 Å². The van der Waals surface area contributed by atoms with Gasteiger partial charge in [-0.25, -0.2) is 0 Å². The second-order valence-corrected chi connectivity index (χ2v) is 6.52. The van der Waals surface area contributed by atoms with E-state index in [-0.39, 0.29) is 0 Å². The Hall–Kier alpha value is -2.58. The van der Waals surface area contributed by atoms with Gasteiger partial charge in [0.1, 0.15) is 5.76 Å². The maximum absolute atomic E-state index is 5.66. The van der Waals surface area contributed by atoms with Crippen LogP contribution in [0.5, 0.6) is 0 Å². The van der Waals surface area contributed by atoms with Crippen molar-refractivity contribution in [2.45, 2.75) is 6.42 Å². The maximum atomic E-state index is 5.66. The second-order valence-electron chi connectivity index (χ2n) is 5.47. The molecule has 2 heterocycles. The smallest absolute Gasteiger partial charge is 0.144 e. The molecule has 0 saturated carbocycles. The lowest BCUT2D eigenvalue weighted by Gasteiger charge is -2.01. The Labute approximate surface area is 139 Å². The molecule has 4 aromatic rings. The minimum atomic E-state index is 0.917. The van der Waals surface area contributed by atoms with Gasteiger partial charge in [-0.2, -0.15) is 0 Å². The molecule has 2 aromatic heterocycles. The second kappa shape index (κ2) is 6.27. The minimum Gasteiger partial charge on any atom is -0.464 e. The van der Waals surface area contributed by atoms with E-state index in [0.29, 0.717) is 0 Å². The number of hydrogen-bond donors (Lipinski definition) is 0. The molecule has 0 radical (unpaired) electrons. The van der Waals surface area contributed by atoms with Crippen LogP contribution in [0.2, 0.25) is 0 Å². The van der Waals surface area contributed by atoms with Crippen LogP contribution in [0, 0.1) is 0 Å². The average Bonchev–Trinajstić information content (AvgIpc) is 3.26. The standard InChI is InChI=1S/C21H16OS/c1-3-8-16(9-4-1)14-18-15-20(17-10-5-2-6-11-17)23-21(18)19-12-7-13-22-19/h1-13,15H,14H2. The van der Waals surface area contributed by atoms with Crippen molar-refractivity contribution < 1.29 is 4.42 Å². The topological polar surface area (TPSA) is 13.1 Å². The lowest BCUT2D eigenvalue weighted by Crippen LogP contribution is -1.87. The third-order valence-electron chi connectivity index (χ3n) is 3.85. The van der Waals surface area contributed by atoms with E-state index in [1.165, 1.54) is 26.4 Å². The van der Waals surface area contributed by atoms with Crippen LogP contribution >= 0.6 is 11.3 Å². The fourth-order valence-corrected chi connectivity index (χ4v) is 3.89. The molecule has 1 nitrogen and oxygen atoms in total. The van der Waals surface area contributed by atoms with Crippen molar-refractivity contribution in [3.63, 3.8) is 0 Å². The zero-order valence-electron chi connectivity index (χ0n) is 12.6. The lowest BCUT2D eigenvalue weighted by molar-refractivity contribution is 0.583. The lowest BCUT2D eigenvalue weighted by atomic mass is 10.0. The number of rotatable bonds is 4. The first-order valence-electron chi connectivity index (χ1n) is 7.66. The fourth-order valence-electron chi connectivity index (χ4n) is 2.74. The van der Waals surface area contributed by atoms with Crippen LogP contribution in [0.3, 0.4) is 0 Å². The zero-order valence-corrected chi connectivity index (χ0v) is 13.4. The first-order chi connectivity index (χ1) is 11.4. The molecular formula is C21H16OS. The molecule has 112 valence electrons. The van der Waals surface area contributed by atoms with E-state index in [4.69, 9.17) is 4.42 Å². The van der Waals surface area contributed by atoms with Crippen LogP contribution < -0.4 is 0 Å².